The van der Waals surface area contributed by atoms with Crippen molar-refractivity contribution in [2.24, 2.45) is 5.73 Å². The molecule has 1 rings (SSSR count). The van der Waals surface area contributed by atoms with E-state index >= 15 is 0 Å². The minimum atomic E-state index is 0.219. The highest BCUT2D eigenvalue weighted by Crippen LogP contribution is 2.21. The molecule has 1 atom stereocenters. The van der Waals surface area contributed by atoms with E-state index in [1.54, 1.807) is 0 Å². The van der Waals surface area contributed by atoms with Gasteiger partial charge in [-0.1, -0.05) is 11.6 Å². The van der Waals surface area contributed by atoms with Crippen LogP contribution in [0.1, 0.15) is 24.4 Å². The maximum atomic E-state index is 5.98. The van der Waals surface area contributed by atoms with Gasteiger partial charge in [-0.05, 0) is 20.8 Å². The molecule has 0 radical (unpaired) electrons. The van der Waals surface area contributed by atoms with Crippen molar-refractivity contribution in [2.45, 2.75) is 26.8 Å². The topological polar surface area (TPSA) is 43.8 Å². The van der Waals surface area contributed by atoms with E-state index in [2.05, 4.69) is 5.10 Å². The molecular weight excluding hydrogens is 174 g/mol. The number of nitrogens with two attached hydrogens (primary N) is 1. The summed E-state index contributed by atoms with van der Waals surface area (Å²) in [5.41, 5.74) is 7.39. The molecule has 68 valence electrons. The van der Waals surface area contributed by atoms with Crippen LogP contribution < -0.4 is 5.73 Å². The molecular formula is C8H14ClN3. The molecule has 0 aliphatic carbocycles. The van der Waals surface area contributed by atoms with E-state index < -0.39 is 0 Å². The van der Waals surface area contributed by atoms with Crippen molar-refractivity contribution < 1.29 is 0 Å². The number of nitrogens with zero attached hydrogens (tertiary/aromatic N) is 2. The fraction of sp³-hybridized carbons (Fsp3) is 0.625. The average molecular weight is 188 g/mol. The molecule has 4 heteroatoms. The van der Waals surface area contributed by atoms with Gasteiger partial charge < -0.3 is 5.73 Å². The lowest BCUT2D eigenvalue weighted by Gasteiger charge is -2.10. The molecule has 1 aromatic rings. The summed E-state index contributed by atoms with van der Waals surface area (Å²) in [5, 5.41) is 5.03. The zero-order chi connectivity index (χ0) is 9.30. The number of hydrogen-bond acceptors (Lipinski definition) is 2. The molecule has 0 aliphatic rings. The van der Waals surface area contributed by atoms with Gasteiger partial charge in [-0.3, -0.25) is 4.68 Å². The van der Waals surface area contributed by atoms with Crippen LogP contribution in [-0.4, -0.2) is 16.3 Å². The first-order valence-corrected chi connectivity index (χ1v) is 4.37. The molecule has 0 saturated carbocycles. The second kappa shape index (κ2) is 3.46. The Morgan fingerprint density at radius 1 is 1.58 bits per heavy atom. The third kappa shape index (κ3) is 1.47. The second-order valence-corrected chi connectivity index (χ2v) is 3.39. The SMILES string of the molecule is Cc1nn([C@@H](C)CN)c(C)c1Cl. The standard InChI is InChI=1S/C8H14ClN3/c1-5(4-10)12-7(3)8(9)6(2)11-12/h5H,4,10H2,1-3H3/t5-/m0/s1. The van der Waals surface area contributed by atoms with Crippen LogP contribution in [0, 0.1) is 13.8 Å². The normalized spacial score (nSPS) is 13.4. The first-order chi connectivity index (χ1) is 5.57. The van der Waals surface area contributed by atoms with Gasteiger partial charge in [0.25, 0.3) is 0 Å². The molecule has 0 amide bonds. The van der Waals surface area contributed by atoms with Crippen molar-refractivity contribution in [3.8, 4) is 0 Å². The molecule has 1 aromatic heterocycles. The van der Waals surface area contributed by atoms with E-state index in [1.807, 2.05) is 25.5 Å². The fourth-order valence-electron chi connectivity index (χ4n) is 1.17. The van der Waals surface area contributed by atoms with E-state index in [0.717, 1.165) is 16.4 Å². The number of halogens is 1. The molecule has 3 nitrogen and oxygen atoms in total. The Morgan fingerprint density at radius 2 is 2.17 bits per heavy atom. The molecule has 1 heterocycles. The molecule has 0 spiro atoms. The molecule has 0 fully saturated rings. The summed E-state index contributed by atoms with van der Waals surface area (Å²) in [6.45, 7) is 6.46. The molecule has 2 N–H and O–H groups in total. The van der Waals surface area contributed by atoms with E-state index in [9.17, 15) is 0 Å². The van der Waals surface area contributed by atoms with E-state index in [1.165, 1.54) is 0 Å². The van der Waals surface area contributed by atoms with Gasteiger partial charge in [-0.25, -0.2) is 0 Å². The van der Waals surface area contributed by atoms with Crippen molar-refractivity contribution in [3.05, 3.63) is 16.4 Å². The van der Waals surface area contributed by atoms with Gasteiger partial charge >= 0.3 is 0 Å². The molecule has 12 heavy (non-hydrogen) atoms. The lowest BCUT2D eigenvalue weighted by atomic mass is 10.3. The zero-order valence-electron chi connectivity index (χ0n) is 7.63. The van der Waals surface area contributed by atoms with Crippen molar-refractivity contribution in [3.63, 3.8) is 0 Å². The second-order valence-electron chi connectivity index (χ2n) is 3.01. The summed E-state index contributed by atoms with van der Waals surface area (Å²) in [4.78, 5) is 0. The summed E-state index contributed by atoms with van der Waals surface area (Å²) < 4.78 is 1.87. The zero-order valence-corrected chi connectivity index (χ0v) is 8.39. The molecule has 0 unspecified atom stereocenters. The summed E-state index contributed by atoms with van der Waals surface area (Å²) in [6, 6.07) is 0.219. The molecule has 0 aliphatic heterocycles. The van der Waals surface area contributed by atoms with Crippen molar-refractivity contribution in [1.29, 1.82) is 0 Å². The Bertz CT molecular complexity index is 280. The Hall–Kier alpha value is -0.540. The van der Waals surface area contributed by atoms with Crippen molar-refractivity contribution >= 4 is 11.6 Å². The summed E-state index contributed by atoms with van der Waals surface area (Å²) in [7, 11) is 0. The maximum Gasteiger partial charge on any atom is 0.0844 e. The first-order valence-electron chi connectivity index (χ1n) is 3.99. The van der Waals surface area contributed by atoms with Gasteiger partial charge in [0, 0.05) is 6.54 Å². The van der Waals surface area contributed by atoms with Gasteiger partial charge in [0.1, 0.15) is 0 Å². The lowest BCUT2D eigenvalue weighted by molar-refractivity contribution is 0.487. The Labute approximate surface area is 77.5 Å². The van der Waals surface area contributed by atoms with E-state index in [0.29, 0.717) is 6.54 Å². The lowest BCUT2D eigenvalue weighted by Crippen LogP contribution is -2.18. The molecule has 0 saturated heterocycles. The largest absolute Gasteiger partial charge is 0.328 e. The van der Waals surface area contributed by atoms with Crippen molar-refractivity contribution in [2.75, 3.05) is 6.54 Å². The highest BCUT2D eigenvalue weighted by molar-refractivity contribution is 6.31. The van der Waals surface area contributed by atoms with Crippen LogP contribution in [-0.2, 0) is 0 Å². The van der Waals surface area contributed by atoms with E-state index in [-0.39, 0.29) is 6.04 Å². The first kappa shape index (κ1) is 9.55. The Kier molecular flexibility index (Phi) is 2.75. The van der Waals surface area contributed by atoms with Crippen LogP contribution >= 0.6 is 11.6 Å². The van der Waals surface area contributed by atoms with Crippen LogP contribution in [0.2, 0.25) is 5.02 Å². The smallest absolute Gasteiger partial charge is 0.0844 e. The van der Waals surface area contributed by atoms with Gasteiger partial charge in [-0.2, -0.15) is 5.10 Å². The van der Waals surface area contributed by atoms with E-state index in [4.69, 9.17) is 17.3 Å². The van der Waals surface area contributed by atoms with Gasteiger partial charge in [0.2, 0.25) is 0 Å². The predicted molar refractivity (Wildman–Crippen MR) is 50.5 cm³/mol. The highest BCUT2D eigenvalue weighted by atomic mass is 35.5. The van der Waals surface area contributed by atoms with Gasteiger partial charge in [-0.15, -0.1) is 0 Å². The molecule has 0 aromatic carbocycles. The number of aromatic nitrogens is 2. The minimum Gasteiger partial charge on any atom is -0.328 e. The predicted octanol–water partition coefficient (Wildman–Crippen LogP) is 1.67. The Morgan fingerprint density at radius 3 is 2.50 bits per heavy atom. The number of rotatable bonds is 2. The number of hydrogen-bond donors (Lipinski definition) is 1. The van der Waals surface area contributed by atoms with Gasteiger partial charge in [0.15, 0.2) is 0 Å². The van der Waals surface area contributed by atoms with Crippen LogP contribution in [0.3, 0.4) is 0 Å². The summed E-state index contributed by atoms with van der Waals surface area (Å²) in [5.74, 6) is 0. The third-order valence-electron chi connectivity index (χ3n) is 2.00. The van der Waals surface area contributed by atoms with Crippen LogP contribution in [0.4, 0.5) is 0 Å². The fourth-order valence-corrected chi connectivity index (χ4v) is 1.30. The Balaban J connectivity index is 3.08. The quantitative estimate of drug-likeness (QED) is 0.766. The highest BCUT2D eigenvalue weighted by Gasteiger charge is 2.12. The average Bonchev–Trinajstić information content (AvgIpc) is 2.32. The third-order valence-corrected chi connectivity index (χ3v) is 2.54. The van der Waals surface area contributed by atoms with Crippen LogP contribution in [0.25, 0.3) is 0 Å². The van der Waals surface area contributed by atoms with Crippen LogP contribution in [0.5, 0.6) is 0 Å². The molecule has 0 bridgehead atoms. The van der Waals surface area contributed by atoms with Crippen LogP contribution in [0.15, 0.2) is 0 Å². The monoisotopic (exact) mass is 187 g/mol. The van der Waals surface area contributed by atoms with Crippen molar-refractivity contribution in [1.82, 2.24) is 9.78 Å². The minimum absolute atomic E-state index is 0.219. The number of aryl methyl sites for hydroxylation is 1. The maximum absolute atomic E-state index is 5.98. The van der Waals surface area contributed by atoms with Gasteiger partial charge in [0.05, 0.1) is 22.5 Å². The summed E-state index contributed by atoms with van der Waals surface area (Å²) >= 11 is 5.98. The summed E-state index contributed by atoms with van der Waals surface area (Å²) in [6.07, 6.45) is 0.